The molecule has 0 aromatic heterocycles. The fourth-order valence-corrected chi connectivity index (χ4v) is 2.75. The fourth-order valence-electron chi connectivity index (χ4n) is 2.75. The van der Waals surface area contributed by atoms with Crippen LogP contribution in [0.3, 0.4) is 0 Å². The maximum atomic E-state index is 12.7. The summed E-state index contributed by atoms with van der Waals surface area (Å²) in [4.78, 5) is 14.4. The molecule has 1 amide bonds. The Hall–Kier alpha value is -1.39. The van der Waals surface area contributed by atoms with Gasteiger partial charge in [-0.15, -0.1) is 0 Å². The fraction of sp³-hybridized carbons (Fsp3) is 0.562. The number of β-amino-alcohol motifs (C(OH)–C–C–N with tert-alkyl or cyclic N) is 1. The van der Waals surface area contributed by atoms with E-state index < -0.39 is 11.5 Å². The molecule has 0 bridgehead atoms. The molecular formula is C16H23NO3. The second-order valence-electron chi connectivity index (χ2n) is 6.04. The van der Waals surface area contributed by atoms with E-state index >= 15 is 0 Å². The lowest BCUT2D eigenvalue weighted by Crippen LogP contribution is -2.52. The highest BCUT2D eigenvalue weighted by molar-refractivity contribution is 5.87. The summed E-state index contributed by atoms with van der Waals surface area (Å²) in [6.07, 6.45) is 0.0122. The van der Waals surface area contributed by atoms with E-state index in [9.17, 15) is 9.90 Å². The van der Waals surface area contributed by atoms with Crippen LogP contribution in [0.25, 0.3) is 0 Å². The largest absolute Gasteiger partial charge is 0.396 e. The summed E-state index contributed by atoms with van der Waals surface area (Å²) in [5.41, 5.74) is 0.372. The van der Waals surface area contributed by atoms with Gasteiger partial charge in [-0.25, -0.2) is 0 Å². The van der Waals surface area contributed by atoms with Gasteiger partial charge in [0.05, 0.1) is 11.5 Å². The Morgan fingerprint density at radius 3 is 2.55 bits per heavy atom. The first kappa shape index (κ1) is 15.0. The van der Waals surface area contributed by atoms with Crippen molar-refractivity contribution < 1.29 is 15.0 Å². The van der Waals surface area contributed by atoms with E-state index in [1.165, 1.54) is 0 Å². The van der Waals surface area contributed by atoms with Gasteiger partial charge in [-0.2, -0.15) is 0 Å². The first-order valence-corrected chi connectivity index (χ1v) is 7.10. The van der Waals surface area contributed by atoms with Crippen LogP contribution in [-0.2, 0) is 10.2 Å². The number of carbonyl (C=O) groups excluding carboxylic acids is 1. The molecule has 1 saturated heterocycles. The minimum Gasteiger partial charge on any atom is -0.396 e. The number of hydrogen-bond acceptors (Lipinski definition) is 3. The number of likely N-dealkylation sites (tertiary alicyclic amines) is 1. The van der Waals surface area contributed by atoms with Gasteiger partial charge in [0.1, 0.15) is 0 Å². The van der Waals surface area contributed by atoms with Crippen LogP contribution < -0.4 is 0 Å². The average molecular weight is 277 g/mol. The first-order valence-electron chi connectivity index (χ1n) is 7.10. The summed E-state index contributed by atoms with van der Waals surface area (Å²) in [6, 6.07) is 9.69. The zero-order chi connectivity index (χ0) is 14.8. The number of amides is 1. The molecule has 1 aromatic rings. The van der Waals surface area contributed by atoms with Crippen molar-refractivity contribution in [2.75, 3.05) is 19.7 Å². The lowest BCUT2D eigenvalue weighted by molar-refractivity contribution is -0.141. The molecule has 110 valence electrons. The van der Waals surface area contributed by atoms with Crippen molar-refractivity contribution in [3.05, 3.63) is 35.9 Å². The van der Waals surface area contributed by atoms with E-state index in [1.807, 2.05) is 44.2 Å². The first-order chi connectivity index (χ1) is 9.46. The zero-order valence-electron chi connectivity index (χ0n) is 12.1. The number of piperidine rings is 1. The van der Waals surface area contributed by atoms with Crippen molar-refractivity contribution in [2.45, 2.75) is 31.8 Å². The molecule has 20 heavy (non-hydrogen) atoms. The van der Waals surface area contributed by atoms with E-state index in [4.69, 9.17) is 5.11 Å². The highest BCUT2D eigenvalue weighted by atomic mass is 16.3. The Labute approximate surface area is 120 Å². The van der Waals surface area contributed by atoms with Gasteiger partial charge >= 0.3 is 0 Å². The zero-order valence-corrected chi connectivity index (χ0v) is 12.1. The molecule has 0 aliphatic carbocycles. The number of benzene rings is 1. The highest BCUT2D eigenvalue weighted by Gasteiger charge is 2.37. The number of aliphatic hydroxyl groups is 2. The molecule has 2 N–H and O–H groups in total. The van der Waals surface area contributed by atoms with Crippen LogP contribution >= 0.6 is 0 Å². The summed E-state index contributed by atoms with van der Waals surface area (Å²) in [5, 5.41) is 19.1. The highest BCUT2D eigenvalue weighted by Crippen LogP contribution is 2.28. The van der Waals surface area contributed by atoms with Crippen molar-refractivity contribution in [1.29, 1.82) is 0 Å². The van der Waals surface area contributed by atoms with E-state index in [0.29, 0.717) is 19.5 Å². The van der Waals surface area contributed by atoms with Crippen molar-refractivity contribution in [2.24, 2.45) is 5.92 Å². The lowest BCUT2D eigenvalue weighted by atomic mass is 9.82. The molecule has 1 aromatic carbocycles. The maximum absolute atomic E-state index is 12.7. The Morgan fingerprint density at radius 1 is 1.35 bits per heavy atom. The SMILES string of the molecule is CC(C)(C(=O)N1CC[C@H](CO)[C@@H](O)C1)c1ccccc1. The minimum absolute atomic E-state index is 0.0225. The van der Waals surface area contributed by atoms with Gasteiger partial charge in [0.25, 0.3) is 0 Å². The molecule has 2 atom stereocenters. The summed E-state index contributed by atoms with van der Waals surface area (Å²) in [7, 11) is 0. The molecule has 4 nitrogen and oxygen atoms in total. The van der Waals surface area contributed by atoms with Gasteiger partial charge in [-0.05, 0) is 25.8 Å². The van der Waals surface area contributed by atoms with Crippen LogP contribution in [0.5, 0.6) is 0 Å². The van der Waals surface area contributed by atoms with Gasteiger partial charge in [0.15, 0.2) is 0 Å². The van der Waals surface area contributed by atoms with Crippen molar-refractivity contribution in [1.82, 2.24) is 4.90 Å². The van der Waals surface area contributed by atoms with E-state index in [1.54, 1.807) is 4.90 Å². The van der Waals surface area contributed by atoms with Gasteiger partial charge in [-0.3, -0.25) is 4.79 Å². The predicted molar refractivity (Wildman–Crippen MR) is 77.2 cm³/mol. The van der Waals surface area contributed by atoms with Crippen LogP contribution in [0.1, 0.15) is 25.8 Å². The van der Waals surface area contributed by atoms with Gasteiger partial charge < -0.3 is 15.1 Å². The lowest BCUT2D eigenvalue weighted by Gasteiger charge is -2.39. The summed E-state index contributed by atoms with van der Waals surface area (Å²) in [6.45, 7) is 4.70. The number of hydrogen-bond donors (Lipinski definition) is 2. The molecule has 0 radical (unpaired) electrons. The predicted octanol–water partition coefficient (Wildman–Crippen LogP) is 1.17. The van der Waals surface area contributed by atoms with E-state index in [0.717, 1.165) is 5.56 Å². The number of rotatable bonds is 3. The second kappa shape index (κ2) is 5.94. The van der Waals surface area contributed by atoms with Crippen molar-refractivity contribution in [3.63, 3.8) is 0 Å². The standard InChI is InChI=1S/C16H23NO3/c1-16(2,13-6-4-3-5-7-13)15(20)17-9-8-12(11-18)14(19)10-17/h3-7,12,14,18-19H,8-11H2,1-2H3/t12-,14+/m1/s1. The van der Waals surface area contributed by atoms with Gasteiger partial charge in [-0.1, -0.05) is 30.3 Å². The maximum Gasteiger partial charge on any atom is 0.232 e. The van der Waals surface area contributed by atoms with Crippen molar-refractivity contribution in [3.8, 4) is 0 Å². The molecule has 2 rings (SSSR count). The summed E-state index contributed by atoms with van der Waals surface area (Å²) >= 11 is 0. The summed E-state index contributed by atoms with van der Waals surface area (Å²) in [5.74, 6) is -0.0852. The van der Waals surface area contributed by atoms with Crippen LogP contribution in [0.2, 0.25) is 0 Å². The average Bonchev–Trinajstić information content (AvgIpc) is 2.47. The molecular weight excluding hydrogens is 254 g/mol. The second-order valence-corrected chi connectivity index (χ2v) is 6.04. The quantitative estimate of drug-likeness (QED) is 0.872. The molecule has 1 aliphatic heterocycles. The van der Waals surface area contributed by atoms with Crippen molar-refractivity contribution >= 4 is 5.91 Å². The molecule has 0 unspecified atom stereocenters. The van der Waals surface area contributed by atoms with E-state index in [-0.39, 0.29) is 18.4 Å². The Kier molecular flexibility index (Phi) is 4.45. The number of carbonyl (C=O) groups is 1. The van der Waals surface area contributed by atoms with Crippen LogP contribution in [0.15, 0.2) is 30.3 Å². The summed E-state index contributed by atoms with van der Waals surface area (Å²) < 4.78 is 0. The topological polar surface area (TPSA) is 60.8 Å². The smallest absolute Gasteiger partial charge is 0.232 e. The third kappa shape index (κ3) is 2.86. The van der Waals surface area contributed by atoms with E-state index in [2.05, 4.69) is 0 Å². The molecule has 0 saturated carbocycles. The van der Waals surface area contributed by atoms with Crippen LogP contribution in [0.4, 0.5) is 0 Å². The van der Waals surface area contributed by atoms with Gasteiger partial charge in [0.2, 0.25) is 5.91 Å². The Balaban J connectivity index is 2.12. The Morgan fingerprint density at radius 2 is 2.00 bits per heavy atom. The number of aliphatic hydroxyl groups excluding tert-OH is 2. The molecule has 1 aliphatic rings. The third-order valence-corrected chi connectivity index (χ3v) is 4.27. The molecule has 0 spiro atoms. The van der Waals surface area contributed by atoms with Crippen LogP contribution in [0, 0.1) is 5.92 Å². The monoisotopic (exact) mass is 277 g/mol. The van der Waals surface area contributed by atoms with Crippen LogP contribution in [-0.4, -0.2) is 46.8 Å². The molecule has 1 fully saturated rings. The number of nitrogens with zero attached hydrogens (tertiary/aromatic N) is 1. The molecule has 1 heterocycles. The normalized spacial score (nSPS) is 23.7. The minimum atomic E-state index is -0.635. The molecule has 4 heteroatoms. The third-order valence-electron chi connectivity index (χ3n) is 4.27. The van der Waals surface area contributed by atoms with Gasteiger partial charge in [0, 0.05) is 25.6 Å². The Bertz CT molecular complexity index is 458.